The molecule has 4 heteroatoms. The van der Waals surface area contributed by atoms with Crippen LogP contribution in [0.3, 0.4) is 0 Å². The zero-order chi connectivity index (χ0) is 7.70. The van der Waals surface area contributed by atoms with Crippen LogP contribution in [0.1, 0.15) is 26.7 Å². The van der Waals surface area contributed by atoms with Gasteiger partial charge in [-0.2, -0.15) is 0 Å². The van der Waals surface area contributed by atoms with Crippen LogP contribution < -0.4 is 17.0 Å². The molecule has 0 aromatic heterocycles. The molecule has 0 spiro atoms. The van der Waals surface area contributed by atoms with Crippen LogP contribution in [0.5, 0.6) is 0 Å². The minimum atomic E-state index is 0.116. The van der Waals surface area contributed by atoms with Crippen LogP contribution in [-0.4, -0.2) is 5.11 Å². The number of unbranched alkanes of at least 4 members (excludes halogenated alkanes) is 1. The summed E-state index contributed by atoms with van der Waals surface area (Å²) in [5.41, 5.74) is 6.82. The van der Waals surface area contributed by atoms with Crippen LogP contribution in [0.2, 0.25) is 0 Å². The highest BCUT2D eigenvalue weighted by atomic mass is 32.1. The van der Waals surface area contributed by atoms with Crippen molar-refractivity contribution in [3.05, 3.63) is 0 Å². The van der Waals surface area contributed by atoms with Gasteiger partial charge in [0.25, 0.3) is 0 Å². The Morgan fingerprint density at radius 3 is 1.67 bits per heavy atom. The molecule has 0 aliphatic carbocycles. The Morgan fingerprint density at radius 1 is 1.44 bits per heavy atom. The van der Waals surface area contributed by atoms with Gasteiger partial charge in [0.2, 0.25) is 0 Å². The number of thiocarbonyl (C=S) groups is 1. The van der Waals surface area contributed by atoms with Crippen molar-refractivity contribution in [3.8, 4) is 0 Å². The molecule has 5 N–H and O–H groups in total. The molecule has 0 heterocycles. The summed E-state index contributed by atoms with van der Waals surface area (Å²) < 4.78 is 0. The van der Waals surface area contributed by atoms with Gasteiger partial charge in [0.15, 0.2) is 5.11 Å². The largest absolute Gasteiger partial charge is 0.375 e. The average molecular weight is 149 g/mol. The fourth-order valence-corrected chi connectivity index (χ4v) is 0. The van der Waals surface area contributed by atoms with E-state index in [9.17, 15) is 0 Å². The van der Waals surface area contributed by atoms with Crippen molar-refractivity contribution in [1.29, 1.82) is 0 Å². The quantitative estimate of drug-likeness (QED) is 0.288. The molecule has 0 aliphatic rings. The second-order valence-electron chi connectivity index (χ2n) is 1.51. The van der Waals surface area contributed by atoms with Crippen LogP contribution in [0.15, 0.2) is 0 Å². The molecule has 0 unspecified atom stereocenters. The Bertz CT molecular complexity index is 63.2. The van der Waals surface area contributed by atoms with E-state index in [1.165, 1.54) is 12.8 Å². The highest BCUT2D eigenvalue weighted by Crippen LogP contribution is 1.76. The lowest BCUT2D eigenvalue weighted by molar-refractivity contribution is 0.886. The van der Waals surface area contributed by atoms with E-state index in [-0.39, 0.29) is 5.11 Å². The van der Waals surface area contributed by atoms with E-state index in [1.54, 1.807) is 0 Å². The number of nitrogens with one attached hydrogen (secondary N) is 1. The number of hydrogen-bond acceptors (Lipinski definition) is 2. The normalized spacial score (nSPS) is 7.00. The Kier molecular flexibility index (Phi) is 13.5. The first-order valence-electron chi connectivity index (χ1n) is 2.95. The van der Waals surface area contributed by atoms with Crippen molar-refractivity contribution in [3.63, 3.8) is 0 Å². The molecule has 56 valence electrons. The number of hydrogen-bond donors (Lipinski definition) is 3. The van der Waals surface area contributed by atoms with E-state index in [1.807, 2.05) is 5.43 Å². The van der Waals surface area contributed by atoms with Crippen molar-refractivity contribution in [2.75, 3.05) is 0 Å². The van der Waals surface area contributed by atoms with Gasteiger partial charge in [0.05, 0.1) is 0 Å². The fraction of sp³-hybridized carbons (Fsp3) is 0.800. The lowest BCUT2D eigenvalue weighted by Crippen LogP contribution is -2.34. The van der Waals surface area contributed by atoms with E-state index in [2.05, 4.69) is 31.9 Å². The molecule has 0 rings (SSSR count). The predicted molar refractivity (Wildman–Crippen MR) is 44.7 cm³/mol. The lowest BCUT2D eigenvalue weighted by Gasteiger charge is -1.85. The van der Waals surface area contributed by atoms with Crippen molar-refractivity contribution >= 4 is 17.3 Å². The summed E-state index contributed by atoms with van der Waals surface area (Å²) in [7, 11) is 0. The Morgan fingerprint density at radius 2 is 1.67 bits per heavy atom. The average Bonchev–Trinajstić information content (AvgIpc) is 1.89. The molecule has 0 saturated carbocycles. The van der Waals surface area contributed by atoms with Gasteiger partial charge >= 0.3 is 0 Å². The fourth-order valence-electron chi connectivity index (χ4n) is 0. The molecule has 0 aromatic carbocycles. The Balaban J connectivity index is 0. The van der Waals surface area contributed by atoms with Crippen LogP contribution >= 0.6 is 12.2 Å². The molecule has 0 atom stereocenters. The summed E-state index contributed by atoms with van der Waals surface area (Å²) in [6, 6.07) is 0. The Labute approximate surface area is 61.8 Å². The van der Waals surface area contributed by atoms with Crippen molar-refractivity contribution < 1.29 is 0 Å². The third-order valence-electron chi connectivity index (χ3n) is 0.642. The summed E-state index contributed by atoms with van der Waals surface area (Å²) >= 11 is 4.24. The van der Waals surface area contributed by atoms with Crippen LogP contribution in [-0.2, 0) is 0 Å². The van der Waals surface area contributed by atoms with Gasteiger partial charge in [-0.15, -0.1) is 0 Å². The molecule has 0 saturated heterocycles. The highest BCUT2D eigenvalue weighted by Gasteiger charge is 1.66. The van der Waals surface area contributed by atoms with Gasteiger partial charge in [-0.3, -0.25) is 0 Å². The van der Waals surface area contributed by atoms with Gasteiger partial charge in [-0.1, -0.05) is 26.7 Å². The van der Waals surface area contributed by atoms with E-state index < -0.39 is 0 Å². The maximum atomic E-state index is 4.79. The Hall–Kier alpha value is -0.350. The van der Waals surface area contributed by atoms with Crippen molar-refractivity contribution in [1.82, 2.24) is 5.43 Å². The number of nitrogens with two attached hydrogens (primary N) is 2. The minimum Gasteiger partial charge on any atom is -0.375 e. The van der Waals surface area contributed by atoms with Crippen LogP contribution in [0, 0.1) is 0 Å². The minimum absolute atomic E-state index is 0.116. The molecule has 0 fully saturated rings. The number of rotatable bonds is 1. The van der Waals surface area contributed by atoms with E-state index in [0.717, 1.165) is 0 Å². The molecule has 0 bridgehead atoms. The van der Waals surface area contributed by atoms with Gasteiger partial charge in [0, 0.05) is 0 Å². The smallest absolute Gasteiger partial charge is 0.177 e. The molecule has 0 amide bonds. The lowest BCUT2D eigenvalue weighted by atomic mass is 10.4. The SMILES string of the molecule is CCCC.NNC(N)=S. The molecular formula is C5H15N3S. The van der Waals surface area contributed by atoms with Gasteiger partial charge in [-0.25, -0.2) is 5.84 Å². The maximum absolute atomic E-state index is 4.79. The van der Waals surface area contributed by atoms with Gasteiger partial charge in [0.1, 0.15) is 0 Å². The monoisotopic (exact) mass is 149 g/mol. The second-order valence-corrected chi connectivity index (χ2v) is 1.95. The van der Waals surface area contributed by atoms with E-state index in [4.69, 9.17) is 5.73 Å². The summed E-state index contributed by atoms with van der Waals surface area (Å²) in [5.74, 6) is 4.66. The highest BCUT2D eigenvalue weighted by molar-refractivity contribution is 7.80. The van der Waals surface area contributed by atoms with Crippen molar-refractivity contribution in [2.45, 2.75) is 26.7 Å². The summed E-state index contributed by atoms with van der Waals surface area (Å²) in [6.07, 6.45) is 2.64. The third-order valence-corrected chi connectivity index (χ3v) is 0.760. The molecule has 0 aromatic rings. The molecular weight excluding hydrogens is 134 g/mol. The number of hydrazine groups is 1. The zero-order valence-corrected chi connectivity index (χ0v) is 6.79. The summed E-state index contributed by atoms with van der Waals surface area (Å²) in [4.78, 5) is 0. The first kappa shape index (κ1) is 11.4. The predicted octanol–water partition coefficient (Wildman–Crippen LogP) is 0.500. The van der Waals surface area contributed by atoms with E-state index >= 15 is 0 Å². The summed E-state index contributed by atoms with van der Waals surface area (Å²) in [5, 5.41) is 0.116. The molecule has 0 aliphatic heterocycles. The van der Waals surface area contributed by atoms with Gasteiger partial charge < -0.3 is 11.2 Å². The van der Waals surface area contributed by atoms with Gasteiger partial charge in [-0.05, 0) is 12.2 Å². The zero-order valence-electron chi connectivity index (χ0n) is 5.98. The third kappa shape index (κ3) is 34.8. The molecule has 3 nitrogen and oxygen atoms in total. The molecule has 9 heavy (non-hydrogen) atoms. The maximum Gasteiger partial charge on any atom is 0.177 e. The first-order valence-corrected chi connectivity index (χ1v) is 3.35. The van der Waals surface area contributed by atoms with Crippen molar-refractivity contribution in [2.24, 2.45) is 11.6 Å². The summed E-state index contributed by atoms with van der Waals surface area (Å²) in [6.45, 7) is 4.36. The van der Waals surface area contributed by atoms with Crippen LogP contribution in [0.25, 0.3) is 0 Å². The topological polar surface area (TPSA) is 64.1 Å². The molecule has 0 radical (unpaired) electrons. The van der Waals surface area contributed by atoms with E-state index in [0.29, 0.717) is 0 Å². The van der Waals surface area contributed by atoms with Crippen LogP contribution in [0.4, 0.5) is 0 Å². The second kappa shape index (κ2) is 10.6. The first-order chi connectivity index (χ1) is 4.18. The standard InChI is InChI=1S/C4H10.CH5N3S/c1-3-4-2;2-1(5)4-3/h3-4H2,1-2H3;3H2,(H3,2,4,5).